The first-order chi connectivity index (χ1) is 18.8. The minimum absolute atomic E-state index is 0.0210. The number of hydrogen-bond acceptors (Lipinski definition) is 4. The summed E-state index contributed by atoms with van der Waals surface area (Å²) in [5.41, 5.74) is 2.64. The van der Waals surface area contributed by atoms with Gasteiger partial charge in [0.05, 0.1) is 11.9 Å². The molecule has 40 heavy (non-hydrogen) atoms. The van der Waals surface area contributed by atoms with Gasteiger partial charge in [-0.15, -0.1) is 0 Å². The fourth-order valence-corrected chi connectivity index (χ4v) is 5.52. The highest BCUT2D eigenvalue weighted by molar-refractivity contribution is 7.92. The Balaban J connectivity index is 2.07. The zero-order valence-corrected chi connectivity index (χ0v) is 25.4. The molecule has 0 heterocycles. The predicted molar refractivity (Wildman–Crippen MR) is 162 cm³/mol. The van der Waals surface area contributed by atoms with Gasteiger partial charge in [0.15, 0.2) is 0 Å². The van der Waals surface area contributed by atoms with Gasteiger partial charge in [0.25, 0.3) is 0 Å². The van der Waals surface area contributed by atoms with E-state index >= 15 is 0 Å². The number of anilines is 1. The Labute approximate surface area is 247 Å². The fourth-order valence-electron chi connectivity index (χ4n) is 4.21. The minimum atomic E-state index is -3.83. The van der Waals surface area contributed by atoms with Crippen molar-refractivity contribution in [3.63, 3.8) is 0 Å². The molecule has 0 aliphatic heterocycles. The van der Waals surface area contributed by atoms with Gasteiger partial charge in [0.2, 0.25) is 21.8 Å². The molecule has 0 saturated heterocycles. The van der Waals surface area contributed by atoms with Gasteiger partial charge in [-0.2, -0.15) is 0 Å². The quantitative estimate of drug-likeness (QED) is 0.297. The van der Waals surface area contributed by atoms with Crippen LogP contribution in [0.2, 0.25) is 10.0 Å². The molecule has 0 aliphatic carbocycles. The van der Waals surface area contributed by atoms with Crippen molar-refractivity contribution < 1.29 is 18.0 Å². The average molecular weight is 605 g/mol. The lowest BCUT2D eigenvalue weighted by Crippen LogP contribution is -2.53. The van der Waals surface area contributed by atoms with Gasteiger partial charge in [0.1, 0.15) is 12.6 Å². The third-order valence-electron chi connectivity index (χ3n) is 6.28. The van der Waals surface area contributed by atoms with Gasteiger partial charge >= 0.3 is 0 Å². The molecule has 0 spiro atoms. The molecule has 10 heteroatoms. The second kappa shape index (κ2) is 14.0. The number of aryl methyl sites for hydroxylation is 1. The Morgan fingerprint density at radius 1 is 0.950 bits per heavy atom. The fraction of sp³-hybridized carbons (Fsp3) is 0.333. The minimum Gasteiger partial charge on any atom is -0.354 e. The molecule has 1 atom stereocenters. The Bertz CT molecular complexity index is 1430. The summed E-state index contributed by atoms with van der Waals surface area (Å²) in [5, 5.41) is 3.72. The van der Waals surface area contributed by atoms with Crippen molar-refractivity contribution in [2.24, 2.45) is 5.92 Å². The second-order valence-electron chi connectivity index (χ2n) is 10.2. The van der Waals surface area contributed by atoms with Crippen LogP contribution < -0.4 is 9.62 Å². The molecule has 2 amide bonds. The van der Waals surface area contributed by atoms with E-state index in [1.807, 2.05) is 57.2 Å². The van der Waals surface area contributed by atoms with Crippen molar-refractivity contribution in [3.05, 3.63) is 99.5 Å². The Morgan fingerprint density at radius 3 is 2.25 bits per heavy atom. The smallest absolute Gasteiger partial charge is 0.244 e. The van der Waals surface area contributed by atoms with Gasteiger partial charge < -0.3 is 10.2 Å². The number of amides is 2. The van der Waals surface area contributed by atoms with Crippen molar-refractivity contribution in [1.82, 2.24) is 10.2 Å². The van der Waals surface area contributed by atoms with Crippen molar-refractivity contribution in [2.45, 2.75) is 39.8 Å². The summed E-state index contributed by atoms with van der Waals surface area (Å²) < 4.78 is 26.8. The molecule has 0 saturated carbocycles. The van der Waals surface area contributed by atoms with Crippen LogP contribution in [-0.2, 0) is 32.6 Å². The number of hydrogen-bond donors (Lipinski definition) is 1. The van der Waals surface area contributed by atoms with Crippen LogP contribution in [0.15, 0.2) is 72.8 Å². The Morgan fingerprint density at radius 2 is 1.65 bits per heavy atom. The summed E-state index contributed by atoms with van der Waals surface area (Å²) in [6.07, 6.45) is 1.28. The maximum Gasteiger partial charge on any atom is 0.244 e. The van der Waals surface area contributed by atoms with Crippen molar-refractivity contribution in [2.75, 3.05) is 23.7 Å². The third kappa shape index (κ3) is 8.98. The highest BCUT2D eigenvalue weighted by Gasteiger charge is 2.33. The SMILES string of the molecule is Cc1cccc(N(CC(=O)N(Cc2ccc(Cl)cc2Cl)[C@H](Cc2ccccc2)C(=O)NCC(C)C)S(C)(=O)=O)c1. The molecule has 1 N–H and O–H groups in total. The molecule has 3 aromatic rings. The first kappa shape index (κ1) is 31.5. The lowest BCUT2D eigenvalue weighted by molar-refractivity contribution is -0.140. The van der Waals surface area contributed by atoms with E-state index in [4.69, 9.17) is 23.2 Å². The summed E-state index contributed by atoms with van der Waals surface area (Å²) in [5.74, 6) is -0.686. The molecule has 3 aromatic carbocycles. The highest BCUT2D eigenvalue weighted by Crippen LogP contribution is 2.25. The van der Waals surface area contributed by atoms with Crippen LogP contribution in [-0.4, -0.2) is 50.5 Å². The molecule has 0 unspecified atom stereocenters. The summed E-state index contributed by atoms with van der Waals surface area (Å²) in [4.78, 5) is 29.1. The molecule has 0 radical (unpaired) electrons. The lowest BCUT2D eigenvalue weighted by Gasteiger charge is -2.34. The number of rotatable bonds is 12. The van der Waals surface area contributed by atoms with E-state index in [1.165, 1.54) is 4.90 Å². The monoisotopic (exact) mass is 603 g/mol. The number of carbonyl (C=O) groups excluding carboxylic acids is 2. The van der Waals surface area contributed by atoms with Crippen LogP contribution in [0.4, 0.5) is 5.69 Å². The van der Waals surface area contributed by atoms with Crippen LogP contribution in [0.1, 0.15) is 30.5 Å². The summed E-state index contributed by atoms with van der Waals surface area (Å²) in [7, 11) is -3.83. The molecule has 0 fully saturated rings. The molecule has 0 bridgehead atoms. The highest BCUT2D eigenvalue weighted by atomic mass is 35.5. The number of sulfonamides is 1. The number of nitrogens with one attached hydrogen (secondary N) is 1. The van der Waals surface area contributed by atoms with Crippen molar-refractivity contribution in [1.29, 1.82) is 0 Å². The van der Waals surface area contributed by atoms with Gasteiger partial charge in [-0.3, -0.25) is 13.9 Å². The molecule has 0 aromatic heterocycles. The first-order valence-electron chi connectivity index (χ1n) is 12.9. The summed E-state index contributed by atoms with van der Waals surface area (Å²) in [6, 6.07) is 20.3. The van der Waals surface area contributed by atoms with Gasteiger partial charge in [-0.25, -0.2) is 8.42 Å². The van der Waals surface area contributed by atoms with Gasteiger partial charge in [0, 0.05) is 29.6 Å². The third-order valence-corrected chi connectivity index (χ3v) is 8.01. The van der Waals surface area contributed by atoms with E-state index in [2.05, 4.69) is 5.32 Å². The maximum absolute atomic E-state index is 14.1. The zero-order chi connectivity index (χ0) is 29.4. The van der Waals surface area contributed by atoms with Gasteiger partial charge in [-0.1, -0.05) is 85.6 Å². The maximum atomic E-state index is 14.1. The van der Waals surface area contributed by atoms with E-state index in [9.17, 15) is 18.0 Å². The largest absolute Gasteiger partial charge is 0.354 e. The summed E-state index contributed by atoms with van der Waals surface area (Å²) >= 11 is 12.6. The van der Waals surface area contributed by atoms with E-state index in [-0.39, 0.29) is 24.8 Å². The predicted octanol–water partition coefficient (Wildman–Crippen LogP) is 5.48. The van der Waals surface area contributed by atoms with E-state index in [0.29, 0.717) is 27.8 Å². The Kier molecular flexibility index (Phi) is 11.0. The lowest BCUT2D eigenvalue weighted by atomic mass is 10.0. The van der Waals surface area contributed by atoms with Crippen LogP contribution >= 0.6 is 23.2 Å². The average Bonchev–Trinajstić information content (AvgIpc) is 2.88. The molecular weight excluding hydrogens is 569 g/mol. The number of nitrogens with zero attached hydrogens (tertiary/aromatic N) is 2. The number of benzene rings is 3. The second-order valence-corrected chi connectivity index (χ2v) is 13.0. The normalized spacial score (nSPS) is 12.2. The molecule has 3 rings (SSSR count). The van der Waals surface area contributed by atoms with Crippen LogP contribution in [0, 0.1) is 12.8 Å². The summed E-state index contributed by atoms with van der Waals surface area (Å²) in [6.45, 7) is 5.72. The standard InChI is InChI=1S/C30H35Cl2N3O4S/c1-21(2)18-33-30(37)28(16-23-10-6-5-7-11-23)34(19-24-13-14-25(31)17-27(24)32)29(36)20-35(40(4,38)39)26-12-8-9-22(3)15-26/h5-15,17,21,28H,16,18-20H2,1-4H3,(H,33,37)/t28-/m1/s1. The molecule has 0 aliphatic rings. The van der Waals surface area contributed by atoms with Crippen LogP contribution in [0.5, 0.6) is 0 Å². The molecule has 7 nitrogen and oxygen atoms in total. The topological polar surface area (TPSA) is 86.8 Å². The number of carbonyl (C=O) groups is 2. The van der Waals surface area contributed by atoms with E-state index < -0.39 is 28.5 Å². The van der Waals surface area contributed by atoms with E-state index in [0.717, 1.165) is 21.7 Å². The Hall–Kier alpha value is -3.07. The van der Waals surface area contributed by atoms with Crippen molar-refractivity contribution in [3.8, 4) is 0 Å². The van der Waals surface area contributed by atoms with Crippen molar-refractivity contribution >= 4 is 50.7 Å². The van der Waals surface area contributed by atoms with E-state index in [1.54, 1.807) is 36.4 Å². The van der Waals surface area contributed by atoms with Gasteiger partial charge in [-0.05, 0) is 53.8 Å². The van der Waals surface area contributed by atoms with Crippen LogP contribution in [0.3, 0.4) is 0 Å². The zero-order valence-electron chi connectivity index (χ0n) is 23.1. The first-order valence-corrected chi connectivity index (χ1v) is 15.5. The number of halogens is 2. The molecule has 214 valence electrons. The van der Waals surface area contributed by atoms with Crippen LogP contribution in [0.25, 0.3) is 0 Å². The molecular formula is C30H35Cl2N3O4S.